The summed E-state index contributed by atoms with van der Waals surface area (Å²) in [5, 5.41) is 2.98. The van der Waals surface area contributed by atoms with E-state index in [9.17, 15) is 4.79 Å². The van der Waals surface area contributed by atoms with Crippen LogP contribution in [0.25, 0.3) is 0 Å². The number of likely N-dealkylation sites (N-methyl/N-ethyl adjacent to an activating group) is 1. The van der Waals surface area contributed by atoms with Gasteiger partial charge in [-0.15, -0.1) is 0 Å². The van der Waals surface area contributed by atoms with Crippen molar-refractivity contribution in [2.75, 3.05) is 43.4 Å². The van der Waals surface area contributed by atoms with Crippen molar-refractivity contribution in [2.45, 2.75) is 19.8 Å². The minimum atomic E-state index is 0.0122. The topological polar surface area (TPSA) is 48.7 Å². The van der Waals surface area contributed by atoms with Crippen LogP contribution in [0.2, 0.25) is 0 Å². The Labute approximate surface area is 143 Å². The molecular formula is C19H25N3O2. The standard InChI is InChI=1S/C19H25N3O2/c1-15-14-16(20-19(23)8-6-17-4-3-13-24-17)5-7-18(15)22-11-9-21(2)10-12-22/h3-5,7,13-14H,6,8-12H2,1-2H3,(H,20,23). The Kier molecular flexibility index (Phi) is 5.20. The number of furan rings is 1. The number of carbonyl (C=O) groups is 1. The number of anilines is 2. The molecule has 5 nitrogen and oxygen atoms in total. The van der Waals surface area contributed by atoms with E-state index in [-0.39, 0.29) is 5.91 Å². The lowest BCUT2D eigenvalue weighted by molar-refractivity contribution is -0.116. The first-order valence-electron chi connectivity index (χ1n) is 8.48. The van der Waals surface area contributed by atoms with Crippen molar-refractivity contribution in [3.63, 3.8) is 0 Å². The van der Waals surface area contributed by atoms with Crippen molar-refractivity contribution in [3.8, 4) is 0 Å². The zero-order valence-electron chi connectivity index (χ0n) is 14.4. The summed E-state index contributed by atoms with van der Waals surface area (Å²) in [6.45, 7) is 6.37. The molecule has 1 aromatic heterocycles. The number of nitrogens with one attached hydrogen (secondary N) is 1. The first kappa shape index (κ1) is 16.6. The maximum absolute atomic E-state index is 12.1. The van der Waals surface area contributed by atoms with Crippen LogP contribution < -0.4 is 10.2 Å². The van der Waals surface area contributed by atoms with Gasteiger partial charge in [0.05, 0.1) is 6.26 Å². The molecule has 0 bridgehead atoms. The normalized spacial score (nSPS) is 15.5. The number of hydrogen-bond acceptors (Lipinski definition) is 4. The zero-order valence-corrected chi connectivity index (χ0v) is 14.4. The first-order valence-corrected chi connectivity index (χ1v) is 8.48. The van der Waals surface area contributed by atoms with Crippen LogP contribution in [-0.4, -0.2) is 44.0 Å². The van der Waals surface area contributed by atoms with Crippen molar-refractivity contribution < 1.29 is 9.21 Å². The van der Waals surface area contributed by atoms with Crippen molar-refractivity contribution in [3.05, 3.63) is 47.9 Å². The van der Waals surface area contributed by atoms with Gasteiger partial charge in [-0.05, 0) is 49.9 Å². The van der Waals surface area contributed by atoms with E-state index < -0.39 is 0 Å². The predicted molar refractivity (Wildman–Crippen MR) is 96.5 cm³/mol. The summed E-state index contributed by atoms with van der Waals surface area (Å²) >= 11 is 0. The van der Waals surface area contributed by atoms with Crippen molar-refractivity contribution >= 4 is 17.3 Å². The number of hydrogen-bond donors (Lipinski definition) is 1. The molecule has 0 unspecified atom stereocenters. The fourth-order valence-electron chi connectivity index (χ4n) is 3.05. The molecule has 24 heavy (non-hydrogen) atoms. The van der Waals surface area contributed by atoms with Gasteiger partial charge in [0.1, 0.15) is 5.76 Å². The Morgan fingerprint density at radius 3 is 2.67 bits per heavy atom. The molecule has 1 fully saturated rings. The summed E-state index contributed by atoms with van der Waals surface area (Å²) in [5.74, 6) is 0.852. The average molecular weight is 327 g/mol. The fourth-order valence-corrected chi connectivity index (χ4v) is 3.05. The van der Waals surface area contributed by atoms with Crippen molar-refractivity contribution in [2.24, 2.45) is 0 Å². The Morgan fingerprint density at radius 1 is 1.21 bits per heavy atom. The zero-order chi connectivity index (χ0) is 16.9. The Hall–Kier alpha value is -2.27. The van der Waals surface area contributed by atoms with E-state index in [1.54, 1.807) is 6.26 Å². The van der Waals surface area contributed by atoms with Gasteiger partial charge in [-0.2, -0.15) is 0 Å². The van der Waals surface area contributed by atoms with Crippen LogP contribution in [0.1, 0.15) is 17.7 Å². The van der Waals surface area contributed by atoms with Crippen LogP contribution in [0.3, 0.4) is 0 Å². The highest BCUT2D eigenvalue weighted by atomic mass is 16.3. The van der Waals surface area contributed by atoms with Crippen LogP contribution >= 0.6 is 0 Å². The lowest BCUT2D eigenvalue weighted by Crippen LogP contribution is -2.44. The molecule has 3 rings (SSSR count). The molecular weight excluding hydrogens is 302 g/mol. The maximum Gasteiger partial charge on any atom is 0.224 e. The minimum Gasteiger partial charge on any atom is -0.469 e. The summed E-state index contributed by atoms with van der Waals surface area (Å²) in [6.07, 6.45) is 2.68. The van der Waals surface area contributed by atoms with Gasteiger partial charge in [-0.3, -0.25) is 4.79 Å². The summed E-state index contributed by atoms with van der Waals surface area (Å²) in [6, 6.07) is 9.89. The Bertz CT molecular complexity index is 674. The second-order valence-electron chi connectivity index (χ2n) is 6.42. The third kappa shape index (κ3) is 4.17. The molecule has 1 amide bonds. The van der Waals surface area contributed by atoms with Gasteiger partial charge in [0.15, 0.2) is 0 Å². The highest BCUT2D eigenvalue weighted by Gasteiger charge is 2.16. The maximum atomic E-state index is 12.1. The number of rotatable bonds is 5. The van der Waals surface area contributed by atoms with Gasteiger partial charge >= 0.3 is 0 Å². The molecule has 1 N–H and O–H groups in total. The smallest absolute Gasteiger partial charge is 0.224 e. The minimum absolute atomic E-state index is 0.0122. The molecule has 0 atom stereocenters. The first-order chi connectivity index (χ1) is 11.6. The lowest BCUT2D eigenvalue weighted by atomic mass is 10.1. The van der Waals surface area contributed by atoms with E-state index in [0.29, 0.717) is 12.8 Å². The molecule has 2 heterocycles. The SMILES string of the molecule is Cc1cc(NC(=O)CCc2ccco2)ccc1N1CCN(C)CC1. The highest BCUT2D eigenvalue weighted by Crippen LogP contribution is 2.24. The molecule has 1 aromatic carbocycles. The Balaban J connectivity index is 1.57. The van der Waals surface area contributed by atoms with E-state index >= 15 is 0 Å². The number of nitrogens with zero attached hydrogens (tertiary/aromatic N) is 2. The van der Waals surface area contributed by atoms with Crippen molar-refractivity contribution in [1.29, 1.82) is 0 Å². The summed E-state index contributed by atoms with van der Waals surface area (Å²) in [4.78, 5) is 16.8. The van der Waals surface area contributed by atoms with Gasteiger partial charge in [-0.1, -0.05) is 0 Å². The van der Waals surface area contributed by atoms with E-state index in [2.05, 4.69) is 41.2 Å². The quantitative estimate of drug-likeness (QED) is 0.917. The lowest BCUT2D eigenvalue weighted by Gasteiger charge is -2.35. The van der Waals surface area contributed by atoms with Crippen LogP contribution in [0.4, 0.5) is 11.4 Å². The monoisotopic (exact) mass is 327 g/mol. The number of aryl methyl sites for hydroxylation is 2. The molecule has 0 aliphatic carbocycles. The highest BCUT2D eigenvalue weighted by molar-refractivity contribution is 5.91. The van der Waals surface area contributed by atoms with Gasteiger partial charge in [0, 0.05) is 50.4 Å². The number of carbonyl (C=O) groups excluding carboxylic acids is 1. The molecule has 0 radical (unpaired) electrons. The molecule has 1 aliphatic rings. The summed E-state index contributed by atoms with van der Waals surface area (Å²) < 4.78 is 5.25. The second kappa shape index (κ2) is 7.53. The predicted octanol–water partition coefficient (Wildman–Crippen LogP) is 2.91. The van der Waals surface area contributed by atoms with Crippen molar-refractivity contribution in [1.82, 2.24) is 4.90 Å². The average Bonchev–Trinajstić information content (AvgIpc) is 3.08. The second-order valence-corrected chi connectivity index (χ2v) is 6.42. The summed E-state index contributed by atoms with van der Waals surface area (Å²) in [7, 11) is 2.16. The van der Waals surface area contributed by atoms with E-state index in [0.717, 1.165) is 37.6 Å². The van der Waals surface area contributed by atoms with Crippen LogP contribution in [0.15, 0.2) is 41.0 Å². The Morgan fingerprint density at radius 2 is 2.00 bits per heavy atom. The molecule has 0 spiro atoms. The van der Waals surface area contributed by atoms with E-state index in [4.69, 9.17) is 4.42 Å². The largest absolute Gasteiger partial charge is 0.469 e. The number of piperazine rings is 1. The molecule has 1 aliphatic heterocycles. The van der Waals surface area contributed by atoms with Crippen LogP contribution in [-0.2, 0) is 11.2 Å². The van der Waals surface area contributed by atoms with Crippen LogP contribution in [0, 0.1) is 6.92 Å². The molecule has 2 aromatic rings. The molecule has 5 heteroatoms. The van der Waals surface area contributed by atoms with Gasteiger partial charge in [0.25, 0.3) is 0 Å². The van der Waals surface area contributed by atoms with E-state index in [1.807, 2.05) is 18.2 Å². The number of benzene rings is 1. The fraction of sp³-hybridized carbons (Fsp3) is 0.421. The third-order valence-corrected chi connectivity index (χ3v) is 4.50. The summed E-state index contributed by atoms with van der Waals surface area (Å²) in [5.41, 5.74) is 3.31. The van der Waals surface area contributed by atoms with Crippen LogP contribution in [0.5, 0.6) is 0 Å². The van der Waals surface area contributed by atoms with Gasteiger partial charge in [-0.25, -0.2) is 0 Å². The molecule has 0 saturated carbocycles. The van der Waals surface area contributed by atoms with Gasteiger partial charge in [0.2, 0.25) is 5.91 Å². The number of amides is 1. The molecule has 1 saturated heterocycles. The third-order valence-electron chi connectivity index (χ3n) is 4.50. The molecule has 128 valence electrons. The van der Waals surface area contributed by atoms with Gasteiger partial charge < -0.3 is 19.5 Å². The van der Waals surface area contributed by atoms with E-state index in [1.165, 1.54) is 11.3 Å².